The van der Waals surface area contributed by atoms with Gasteiger partial charge in [-0.25, -0.2) is 0 Å². The number of rotatable bonds is 4. The molecule has 0 unspecified atom stereocenters. The smallest absolute Gasteiger partial charge is 0.239 e. The van der Waals surface area contributed by atoms with Gasteiger partial charge < -0.3 is 10.1 Å². The van der Waals surface area contributed by atoms with E-state index in [4.69, 9.17) is 10.00 Å². The molecule has 5 heteroatoms. The van der Waals surface area contributed by atoms with Gasteiger partial charge in [-0.1, -0.05) is 0 Å². The molecule has 1 N–H and O–H groups in total. The van der Waals surface area contributed by atoms with E-state index in [1.165, 1.54) is 0 Å². The van der Waals surface area contributed by atoms with Crippen molar-refractivity contribution in [3.05, 3.63) is 42.2 Å². The Kier molecular flexibility index (Phi) is 3.72. The lowest BCUT2D eigenvalue weighted by Crippen LogP contribution is -2.00. The first kappa shape index (κ1) is 11.9. The molecule has 0 saturated carbocycles. The highest BCUT2D eigenvalue weighted by atomic mass is 16.5. The Morgan fingerprint density at radius 1 is 1.28 bits per heavy atom. The molecule has 0 amide bonds. The summed E-state index contributed by atoms with van der Waals surface area (Å²) in [6, 6.07) is 8.88. The summed E-state index contributed by atoms with van der Waals surface area (Å²) in [6.07, 6.45) is 3.17. The Morgan fingerprint density at radius 2 is 2.06 bits per heavy atom. The van der Waals surface area contributed by atoms with Crippen LogP contribution in [0.3, 0.4) is 0 Å². The van der Waals surface area contributed by atoms with Crippen LogP contribution in [-0.2, 0) is 0 Å². The van der Waals surface area contributed by atoms with Gasteiger partial charge in [-0.05, 0) is 31.2 Å². The molecular weight excluding hydrogens is 228 g/mol. The zero-order chi connectivity index (χ0) is 12.8. The van der Waals surface area contributed by atoms with Crippen molar-refractivity contribution in [1.29, 1.82) is 5.26 Å². The molecule has 5 nitrogen and oxygen atoms in total. The van der Waals surface area contributed by atoms with Crippen LogP contribution in [-0.4, -0.2) is 16.5 Å². The Labute approximate surface area is 105 Å². The molecule has 0 radical (unpaired) electrons. The van der Waals surface area contributed by atoms with E-state index in [1.807, 2.05) is 6.92 Å². The third kappa shape index (κ3) is 2.95. The van der Waals surface area contributed by atoms with Crippen molar-refractivity contribution in [2.45, 2.75) is 6.92 Å². The maximum Gasteiger partial charge on any atom is 0.239 e. The fourth-order valence-corrected chi connectivity index (χ4v) is 1.38. The summed E-state index contributed by atoms with van der Waals surface area (Å²) in [5.74, 6) is 1.71. The third-order valence-corrected chi connectivity index (χ3v) is 2.18. The lowest BCUT2D eigenvalue weighted by atomic mass is 10.2. The normalized spacial score (nSPS) is 9.56. The van der Waals surface area contributed by atoms with Crippen LogP contribution in [0, 0.1) is 11.3 Å². The Bertz CT molecular complexity index is 560. The number of benzene rings is 1. The van der Waals surface area contributed by atoms with Gasteiger partial charge in [-0.3, -0.25) is 4.98 Å². The molecule has 0 aliphatic rings. The predicted octanol–water partition coefficient (Wildman–Crippen LogP) is 2.57. The van der Waals surface area contributed by atoms with Crippen molar-refractivity contribution in [3.63, 3.8) is 0 Å². The molecular formula is C13H12N4O. The molecule has 0 fully saturated rings. The number of aromatic nitrogens is 2. The van der Waals surface area contributed by atoms with E-state index < -0.39 is 0 Å². The van der Waals surface area contributed by atoms with E-state index in [9.17, 15) is 0 Å². The van der Waals surface area contributed by atoms with Crippen molar-refractivity contribution in [2.24, 2.45) is 0 Å². The first-order valence-electron chi connectivity index (χ1n) is 5.55. The first-order chi connectivity index (χ1) is 8.81. The van der Waals surface area contributed by atoms with Gasteiger partial charge in [0, 0.05) is 6.54 Å². The highest BCUT2D eigenvalue weighted by molar-refractivity contribution is 5.37. The van der Waals surface area contributed by atoms with E-state index >= 15 is 0 Å². The minimum Gasteiger partial charge on any atom is -0.437 e. The number of nitrogens with zero attached hydrogens (tertiary/aromatic N) is 3. The Hall–Kier alpha value is -2.61. The van der Waals surface area contributed by atoms with Gasteiger partial charge in [0.25, 0.3) is 0 Å². The second-order valence-corrected chi connectivity index (χ2v) is 3.51. The van der Waals surface area contributed by atoms with Gasteiger partial charge in [-0.2, -0.15) is 10.2 Å². The second-order valence-electron chi connectivity index (χ2n) is 3.51. The third-order valence-electron chi connectivity index (χ3n) is 2.18. The summed E-state index contributed by atoms with van der Waals surface area (Å²) in [7, 11) is 0. The van der Waals surface area contributed by atoms with Gasteiger partial charge in [0.1, 0.15) is 11.6 Å². The van der Waals surface area contributed by atoms with Gasteiger partial charge in [0.2, 0.25) is 5.88 Å². The number of hydrogen-bond donors (Lipinski definition) is 1. The van der Waals surface area contributed by atoms with Gasteiger partial charge >= 0.3 is 0 Å². The molecule has 1 aromatic heterocycles. The molecule has 18 heavy (non-hydrogen) atoms. The van der Waals surface area contributed by atoms with Crippen molar-refractivity contribution in [3.8, 4) is 17.7 Å². The van der Waals surface area contributed by atoms with Crippen molar-refractivity contribution in [1.82, 2.24) is 9.97 Å². The fourth-order valence-electron chi connectivity index (χ4n) is 1.38. The molecule has 2 aromatic rings. The number of hydrogen-bond acceptors (Lipinski definition) is 5. The van der Waals surface area contributed by atoms with Gasteiger partial charge in [0.05, 0.1) is 24.0 Å². The maximum atomic E-state index is 8.69. The minimum atomic E-state index is 0.415. The molecule has 0 aliphatic carbocycles. The summed E-state index contributed by atoms with van der Waals surface area (Å²) >= 11 is 0. The summed E-state index contributed by atoms with van der Waals surface area (Å²) < 4.78 is 5.54. The summed E-state index contributed by atoms with van der Waals surface area (Å²) in [5, 5.41) is 11.7. The molecule has 1 aromatic carbocycles. The van der Waals surface area contributed by atoms with E-state index in [0.717, 1.165) is 6.54 Å². The average molecular weight is 240 g/mol. The Balaban J connectivity index is 2.12. The van der Waals surface area contributed by atoms with E-state index in [2.05, 4.69) is 21.4 Å². The monoisotopic (exact) mass is 240 g/mol. The molecule has 0 aliphatic heterocycles. The van der Waals surface area contributed by atoms with E-state index in [1.54, 1.807) is 36.7 Å². The standard InChI is InChI=1S/C13H12N4O/c1-2-16-12-8-15-9-13(17-12)18-11-5-3-10(7-14)4-6-11/h3-6,8-9H,2H2,1H3,(H,16,17). The Morgan fingerprint density at radius 3 is 2.72 bits per heavy atom. The largest absolute Gasteiger partial charge is 0.437 e. The van der Waals surface area contributed by atoms with E-state index in [-0.39, 0.29) is 0 Å². The molecule has 0 bridgehead atoms. The van der Waals surface area contributed by atoms with Crippen molar-refractivity contribution >= 4 is 5.82 Å². The van der Waals surface area contributed by atoms with Crippen LogP contribution < -0.4 is 10.1 Å². The highest BCUT2D eigenvalue weighted by Gasteiger charge is 2.01. The zero-order valence-corrected chi connectivity index (χ0v) is 9.92. The van der Waals surface area contributed by atoms with Crippen LogP contribution in [0.1, 0.15) is 12.5 Å². The van der Waals surface area contributed by atoms with Crippen LogP contribution in [0.4, 0.5) is 5.82 Å². The van der Waals surface area contributed by atoms with Crippen LogP contribution >= 0.6 is 0 Å². The zero-order valence-electron chi connectivity index (χ0n) is 9.92. The fraction of sp³-hybridized carbons (Fsp3) is 0.154. The molecule has 0 atom stereocenters. The SMILES string of the molecule is CCNc1cncc(Oc2ccc(C#N)cc2)n1. The number of nitriles is 1. The van der Waals surface area contributed by atoms with Crippen LogP contribution in [0.15, 0.2) is 36.7 Å². The van der Waals surface area contributed by atoms with Crippen LogP contribution in [0.2, 0.25) is 0 Å². The summed E-state index contributed by atoms with van der Waals surface area (Å²) in [6.45, 7) is 2.75. The van der Waals surface area contributed by atoms with Gasteiger partial charge in [-0.15, -0.1) is 0 Å². The predicted molar refractivity (Wildman–Crippen MR) is 67.4 cm³/mol. The van der Waals surface area contributed by atoms with Crippen molar-refractivity contribution in [2.75, 3.05) is 11.9 Å². The lowest BCUT2D eigenvalue weighted by Gasteiger charge is -2.06. The minimum absolute atomic E-state index is 0.415. The van der Waals surface area contributed by atoms with Crippen molar-refractivity contribution < 1.29 is 4.74 Å². The topological polar surface area (TPSA) is 70.8 Å². The highest BCUT2D eigenvalue weighted by Crippen LogP contribution is 2.19. The molecule has 1 heterocycles. The molecule has 2 rings (SSSR count). The summed E-state index contributed by atoms with van der Waals surface area (Å²) in [4.78, 5) is 8.27. The number of ether oxygens (including phenoxy) is 1. The first-order valence-corrected chi connectivity index (χ1v) is 5.55. The van der Waals surface area contributed by atoms with Crippen LogP contribution in [0.5, 0.6) is 11.6 Å². The summed E-state index contributed by atoms with van der Waals surface area (Å²) in [5.41, 5.74) is 0.592. The number of anilines is 1. The van der Waals surface area contributed by atoms with E-state index in [0.29, 0.717) is 23.0 Å². The average Bonchev–Trinajstić information content (AvgIpc) is 2.40. The van der Waals surface area contributed by atoms with Crippen LogP contribution in [0.25, 0.3) is 0 Å². The number of nitrogens with one attached hydrogen (secondary N) is 1. The lowest BCUT2D eigenvalue weighted by molar-refractivity contribution is 0.461. The molecule has 0 saturated heterocycles. The maximum absolute atomic E-state index is 8.69. The second kappa shape index (κ2) is 5.64. The molecule has 90 valence electrons. The molecule has 0 spiro atoms. The quantitative estimate of drug-likeness (QED) is 0.889. The van der Waals surface area contributed by atoms with Gasteiger partial charge in [0.15, 0.2) is 0 Å².